The largest absolute Gasteiger partial charge is 0.392 e. The van der Waals surface area contributed by atoms with Crippen LogP contribution >= 0.6 is 0 Å². The molecule has 2 nitrogen and oxygen atoms in total. The molecule has 2 aliphatic carbocycles. The predicted octanol–water partition coefficient (Wildman–Crippen LogP) is 3.25. The molecule has 4 atom stereocenters. The van der Waals surface area contributed by atoms with Crippen LogP contribution in [0.25, 0.3) is 0 Å². The highest BCUT2D eigenvalue weighted by Crippen LogP contribution is 2.53. The van der Waals surface area contributed by atoms with Gasteiger partial charge in [-0.25, -0.2) is 0 Å². The third-order valence-electron chi connectivity index (χ3n) is 6.18. The van der Waals surface area contributed by atoms with Gasteiger partial charge in [0.25, 0.3) is 0 Å². The highest BCUT2D eigenvalue weighted by atomic mass is 16.3. The van der Waals surface area contributed by atoms with E-state index in [1.807, 2.05) is 13.0 Å². The van der Waals surface area contributed by atoms with Gasteiger partial charge >= 0.3 is 0 Å². The molecule has 0 radical (unpaired) electrons. The van der Waals surface area contributed by atoms with Crippen molar-refractivity contribution >= 4 is 0 Å². The van der Waals surface area contributed by atoms with Gasteiger partial charge in [0, 0.05) is 11.3 Å². The van der Waals surface area contributed by atoms with E-state index in [1.165, 1.54) is 16.7 Å². The average Bonchev–Trinajstić information content (AvgIpc) is 2.55. The van der Waals surface area contributed by atoms with Crippen molar-refractivity contribution in [3.8, 4) is 0 Å². The second-order valence-electron chi connectivity index (χ2n) is 7.59. The Hall–Kier alpha value is -1.64. The summed E-state index contributed by atoms with van der Waals surface area (Å²) in [7, 11) is 0. The fraction of sp³-hybridized carbons (Fsp3) is 0.429. The maximum atomic E-state index is 11.2. The first-order valence-corrected chi connectivity index (χ1v) is 8.56. The molecule has 0 aromatic heterocycles. The van der Waals surface area contributed by atoms with Gasteiger partial charge in [0.05, 0.1) is 11.7 Å². The molecule has 2 aromatic rings. The Labute approximate surface area is 137 Å². The number of aliphatic hydroxyl groups excluding tert-OH is 1. The molecule has 0 saturated heterocycles. The molecule has 1 fully saturated rings. The van der Waals surface area contributed by atoms with Gasteiger partial charge in [-0.1, -0.05) is 54.6 Å². The SMILES string of the molecule is CC1(O)CC[C@@]2(Cc3ccccc3)c3ccccc3CC1C2O. The molecule has 0 aliphatic heterocycles. The molecular formula is C21H24O2. The smallest absolute Gasteiger partial charge is 0.0698 e. The summed E-state index contributed by atoms with van der Waals surface area (Å²) in [5.41, 5.74) is 2.77. The topological polar surface area (TPSA) is 40.5 Å². The first-order chi connectivity index (χ1) is 11.0. The Balaban J connectivity index is 1.85. The predicted molar refractivity (Wildman–Crippen MR) is 91.3 cm³/mol. The fourth-order valence-corrected chi connectivity index (χ4v) is 4.83. The van der Waals surface area contributed by atoms with E-state index in [-0.39, 0.29) is 11.3 Å². The highest BCUT2D eigenvalue weighted by Gasteiger charge is 2.56. The summed E-state index contributed by atoms with van der Waals surface area (Å²) >= 11 is 0. The van der Waals surface area contributed by atoms with E-state index in [2.05, 4.69) is 48.5 Å². The summed E-state index contributed by atoms with van der Waals surface area (Å²) in [4.78, 5) is 0. The zero-order valence-electron chi connectivity index (χ0n) is 13.6. The minimum atomic E-state index is -0.785. The van der Waals surface area contributed by atoms with E-state index in [0.29, 0.717) is 0 Å². The van der Waals surface area contributed by atoms with Gasteiger partial charge in [-0.2, -0.15) is 0 Å². The van der Waals surface area contributed by atoms with Gasteiger partial charge in [0.2, 0.25) is 0 Å². The van der Waals surface area contributed by atoms with Crippen LogP contribution in [0.2, 0.25) is 0 Å². The number of fused-ring (bicyclic) bond motifs is 4. The van der Waals surface area contributed by atoms with Gasteiger partial charge in [0.15, 0.2) is 0 Å². The quantitative estimate of drug-likeness (QED) is 0.894. The molecule has 0 spiro atoms. The van der Waals surface area contributed by atoms with Crippen LogP contribution in [0, 0.1) is 5.92 Å². The maximum Gasteiger partial charge on any atom is 0.0698 e. The Morgan fingerprint density at radius 1 is 1.00 bits per heavy atom. The third kappa shape index (κ3) is 2.24. The van der Waals surface area contributed by atoms with Gasteiger partial charge in [-0.15, -0.1) is 0 Å². The van der Waals surface area contributed by atoms with E-state index < -0.39 is 11.7 Å². The van der Waals surface area contributed by atoms with E-state index in [1.54, 1.807) is 0 Å². The van der Waals surface area contributed by atoms with Crippen molar-refractivity contribution in [3.63, 3.8) is 0 Å². The van der Waals surface area contributed by atoms with Crippen molar-refractivity contribution in [2.45, 2.75) is 49.7 Å². The Kier molecular flexibility index (Phi) is 3.36. The Morgan fingerprint density at radius 2 is 1.70 bits per heavy atom. The minimum Gasteiger partial charge on any atom is -0.392 e. The monoisotopic (exact) mass is 308 g/mol. The Bertz CT molecular complexity index is 707. The lowest BCUT2D eigenvalue weighted by molar-refractivity contribution is -0.134. The van der Waals surface area contributed by atoms with E-state index in [0.717, 1.165) is 25.7 Å². The van der Waals surface area contributed by atoms with Gasteiger partial charge in [-0.3, -0.25) is 0 Å². The zero-order valence-corrected chi connectivity index (χ0v) is 13.6. The molecule has 0 amide bonds. The average molecular weight is 308 g/mol. The molecule has 120 valence electrons. The summed E-state index contributed by atoms with van der Waals surface area (Å²) in [5, 5.41) is 22.0. The summed E-state index contributed by atoms with van der Waals surface area (Å²) in [6.07, 6.45) is 2.67. The van der Waals surface area contributed by atoms with Crippen LogP contribution in [0.3, 0.4) is 0 Å². The van der Waals surface area contributed by atoms with Crippen LogP contribution in [-0.4, -0.2) is 21.9 Å². The summed E-state index contributed by atoms with van der Waals surface area (Å²) in [5.74, 6) is -0.0881. The van der Waals surface area contributed by atoms with Crippen LogP contribution in [0.1, 0.15) is 36.5 Å². The van der Waals surface area contributed by atoms with E-state index in [9.17, 15) is 10.2 Å². The molecular weight excluding hydrogens is 284 g/mol. The second-order valence-corrected chi connectivity index (χ2v) is 7.59. The first kappa shape index (κ1) is 14.9. The summed E-state index contributed by atoms with van der Waals surface area (Å²) in [6, 6.07) is 18.9. The van der Waals surface area contributed by atoms with Crippen LogP contribution in [0.15, 0.2) is 54.6 Å². The van der Waals surface area contributed by atoms with Crippen LogP contribution in [0.4, 0.5) is 0 Å². The summed E-state index contributed by atoms with van der Waals surface area (Å²) < 4.78 is 0. The number of benzene rings is 2. The molecule has 3 unspecified atom stereocenters. The number of rotatable bonds is 2. The molecule has 0 heterocycles. The fourth-order valence-electron chi connectivity index (χ4n) is 4.83. The van der Waals surface area contributed by atoms with Crippen LogP contribution in [0.5, 0.6) is 0 Å². The normalized spacial score (nSPS) is 35.6. The molecule has 2 aromatic carbocycles. The number of hydrogen-bond acceptors (Lipinski definition) is 2. The molecule has 4 rings (SSSR count). The highest BCUT2D eigenvalue weighted by molar-refractivity contribution is 5.43. The van der Waals surface area contributed by atoms with Crippen molar-refractivity contribution in [2.24, 2.45) is 5.92 Å². The maximum absolute atomic E-state index is 11.2. The molecule has 23 heavy (non-hydrogen) atoms. The molecule has 2 heteroatoms. The van der Waals surface area contributed by atoms with Crippen molar-refractivity contribution in [1.82, 2.24) is 0 Å². The minimum absolute atomic E-state index is 0.0881. The van der Waals surface area contributed by atoms with Gasteiger partial charge in [-0.05, 0) is 49.3 Å². The number of hydrogen-bond donors (Lipinski definition) is 2. The van der Waals surface area contributed by atoms with Gasteiger partial charge in [0.1, 0.15) is 0 Å². The van der Waals surface area contributed by atoms with Crippen molar-refractivity contribution in [2.75, 3.05) is 0 Å². The molecule has 1 saturated carbocycles. The van der Waals surface area contributed by atoms with Crippen LogP contribution < -0.4 is 0 Å². The standard InChI is InChI=1S/C21H24O2/c1-20(23)11-12-21(14-15-7-3-2-4-8-15)17-10-6-5-9-16(17)13-18(20)19(21)22/h2-10,18-19,22-23H,11-14H2,1H3/t18?,19?,20?,21-/m1/s1. The second kappa shape index (κ2) is 5.19. The van der Waals surface area contributed by atoms with E-state index >= 15 is 0 Å². The molecule has 2 bridgehead atoms. The number of aliphatic hydroxyl groups is 2. The molecule has 2 aliphatic rings. The summed E-state index contributed by atoms with van der Waals surface area (Å²) in [6.45, 7) is 1.89. The molecule has 2 N–H and O–H groups in total. The van der Waals surface area contributed by atoms with Crippen molar-refractivity contribution in [1.29, 1.82) is 0 Å². The lowest BCUT2D eigenvalue weighted by atomic mass is 9.52. The first-order valence-electron chi connectivity index (χ1n) is 8.56. The Morgan fingerprint density at radius 3 is 2.48 bits per heavy atom. The third-order valence-corrected chi connectivity index (χ3v) is 6.18. The zero-order chi connectivity index (χ0) is 16.1. The lowest BCUT2D eigenvalue weighted by Crippen LogP contribution is -2.61. The lowest BCUT2D eigenvalue weighted by Gasteiger charge is -2.56. The van der Waals surface area contributed by atoms with Crippen molar-refractivity contribution < 1.29 is 10.2 Å². The van der Waals surface area contributed by atoms with Gasteiger partial charge < -0.3 is 10.2 Å². The van der Waals surface area contributed by atoms with Crippen LogP contribution in [-0.2, 0) is 18.3 Å². The van der Waals surface area contributed by atoms with Crippen molar-refractivity contribution in [3.05, 3.63) is 71.3 Å². The van der Waals surface area contributed by atoms with E-state index in [4.69, 9.17) is 0 Å².